The molecule has 0 heterocycles. The van der Waals surface area contributed by atoms with E-state index in [-0.39, 0.29) is 12.3 Å². The second-order valence-electron chi connectivity index (χ2n) is 4.57. The SMILES string of the molecule is COc1ccc(C(C)(C)NC(=O)CC#N)c(OC)c1. The predicted molar refractivity (Wildman–Crippen MR) is 70.9 cm³/mol. The first-order valence-electron chi connectivity index (χ1n) is 5.85. The third kappa shape index (κ3) is 3.62. The number of amides is 1. The highest BCUT2D eigenvalue weighted by molar-refractivity contribution is 5.79. The Bertz CT molecular complexity index is 504. The minimum atomic E-state index is -0.633. The molecule has 0 aromatic heterocycles. The summed E-state index contributed by atoms with van der Waals surface area (Å²) in [5.41, 5.74) is 0.188. The van der Waals surface area contributed by atoms with E-state index >= 15 is 0 Å². The highest BCUT2D eigenvalue weighted by Crippen LogP contribution is 2.32. The van der Waals surface area contributed by atoms with Crippen LogP contribution in [0.25, 0.3) is 0 Å². The largest absolute Gasteiger partial charge is 0.497 e. The van der Waals surface area contributed by atoms with Gasteiger partial charge >= 0.3 is 0 Å². The van der Waals surface area contributed by atoms with Gasteiger partial charge in [-0.25, -0.2) is 0 Å². The lowest BCUT2D eigenvalue weighted by atomic mass is 9.93. The first-order chi connectivity index (χ1) is 8.94. The molecule has 1 aromatic carbocycles. The molecule has 0 aliphatic rings. The number of carbonyl (C=O) groups excluding carboxylic acids is 1. The van der Waals surface area contributed by atoms with Gasteiger partial charge in [-0.1, -0.05) is 0 Å². The number of nitrogens with one attached hydrogen (secondary N) is 1. The molecule has 0 radical (unpaired) electrons. The van der Waals surface area contributed by atoms with Crippen LogP contribution in [0, 0.1) is 11.3 Å². The van der Waals surface area contributed by atoms with E-state index in [0.29, 0.717) is 11.5 Å². The maximum atomic E-state index is 11.6. The molecule has 0 aliphatic carbocycles. The van der Waals surface area contributed by atoms with Gasteiger partial charge in [0.15, 0.2) is 0 Å². The first-order valence-corrected chi connectivity index (χ1v) is 5.85. The Morgan fingerprint density at radius 1 is 1.37 bits per heavy atom. The third-order valence-electron chi connectivity index (χ3n) is 2.77. The maximum Gasteiger partial charge on any atom is 0.234 e. The van der Waals surface area contributed by atoms with E-state index < -0.39 is 5.54 Å². The van der Waals surface area contributed by atoms with Crippen LogP contribution in [-0.4, -0.2) is 20.1 Å². The molecule has 0 aliphatic heterocycles. The fourth-order valence-electron chi connectivity index (χ4n) is 1.85. The summed E-state index contributed by atoms with van der Waals surface area (Å²) in [5.74, 6) is 0.992. The summed E-state index contributed by atoms with van der Waals surface area (Å²) >= 11 is 0. The second kappa shape index (κ2) is 6.10. The van der Waals surface area contributed by atoms with Gasteiger partial charge < -0.3 is 14.8 Å². The Morgan fingerprint density at radius 3 is 2.58 bits per heavy atom. The zero-order valence-corrected chi connectivity index (χ0v) is 11.6. The molecule has 0 spiro atoms. The molecule has 0 saturated carbocycles. The van der Waals surface area contributed by atoms with Gasteiger partial charge in [0, 0.05) is 11.6 Å². The number of benzene rings is 1. The summed E-state index contributed by atoms with van der Waals surface area (Å²) in [6, 6.07) is 7.22. The van der Waals surface area contributed by atoms with E-state index in [1.165, 1.54) is 0 Å². The van der Waals surface area contributed by atoms with Gasteiger partial charge in [0.25, 0.3) is 0 Å². The summed E-state index contributed by atoms with van der Waals surface area (Å²) in [5, 5.41) is 11.3. The predicted octanol–water partition coefficient (Wildman–Crippen LogP) is 1.97. The molecule has 1 N–H and O–H groups in total. The quantitative estimate of drug-likeness (QED) is 0.880. The van der Waals surface area contributed by atoms with E-state index in [1.54, 1.807) is 26.4 Å². The molecular weight excluding hydrogens is 244 g/mol. The summed E-state index contributed by atoms with van der Waals surface area (Å²) in [6.07, 6.45) is -0.165. The summed E-state index contributed by atoms with van der Waals surface area (Å²) in [4.78, 5) is 11.6. The molecule has 0 unspecified atom stereocenters. The number of hydrogen-bond acceptors (Lipinski definition) is 4. The molecule has 1 rings (SSSR count). The lowest BCUT2D eigenvalue weighted by Gasteiger charge is -2.28. The van der Waals surface area contributed by atoms with E-state index in [9.17, 15) is 4.79 Å². The van der Waals surface area contributed by atoms with Crippen molar-refractivity contribution in [1.29, 1.82) is 5.26 Å². The van der Waals surface area contributed by atoms with Gasteiger partial charge in [0.2, 0.25) is 5.91 Å². The van der Waals surface area contributed by atoms with Crippen LogP contribution < -0.4 is 14.8 Å². The number of methoxy groups -OCH3 is 2. The van der Waals surface area contributed by atoms with E-state index in [1.807, 2.05) is 26.0 Å². The fourth-order valence-corrected chi connectivity index (χ4v) is 1.85. The van der Waals surface area contributed by atoms with Gasteiger partial charge in [-0.15, -0.1) is 0 Å². The van der Waals surface area contributed by atoms with Crippen molar-refractivity contribution in [2.75, 3.05) is 14.2 Å². The van der Waals surface area contributed by atoms with Crippen LogP contribution in [0.1, 0.15) is 25.8 Å². The minimum Gasteiger partial charge on any atom is -0.497 e. The van der Waals surface area contributed by atoms with Crippen molar-refractivity contribution >= 4 is 5.91 Å². The highest BCUT2D eigenvalue weighted by atomic mass is 16.5. The molecule has 0 atom stereocenters. The smallest absolute Gasteiger partial charge is 0.234 e. The average Bonchev–Trinajstić information content (AvgIpc) is 2.37. The standard InChI is InChI=1S/C14H18N2O3/c1-14(2,16-13(17)7-8-15)11-6-5-10(18-3)9-12(11)19-4/h5-6,9H,7H2,1-4H3,(H,16,17). The molecular formula is C14H18N2O3. The zero-order valence-electron chi connectivity index (χ0n) is 11.6. The van der Waals surface area contributed by atoms with Crippen molar-refractivity contribution in [3.8, 4) is 17.6 Å². The van der Waals surface area contributed by atoms with Crippen molar-refractivity contribution in [2.45, 2.75) is 25.8 Å². The average molecular weight is 262 g/mol. The van der Waals surface area contributed by atoms with Crippen LogP contribution >= 0.6 is 0 Å². The van der Waals surface area contributed by atoms with Crippen molar-refractivity contribution in [1.82, 2.24) is 5.32 Å². The van der Waals surface area contributed by atoms with E-state index in [4.69, 9.17) is 14.7 Å². The molecule has 5 nitrogen and oxygen atoms in total. The lowest BCUT2D eigenvalue weighted by Crippen LogP contribution is -2.41. The number of nitrogens with zero attached hydrogens (tertiary/aromatic N) is 1. The molecule has 1 amide bonds. The number of rotatable bonds is 5. The number of nitriles is 1. The lowest BCUT2D eigenvalue weighted by molar-refractivity contribution is -0.121. The Balaban J connectivity index is 3.06. The molecule has 0 fully saturated rings. The number of carbonyl (C=O) groups is 1. The molecule has 5 heteroatoms. The second-order valence-corrected chi connectivity index (χ2v) is 4.57. The third-order valence-corrected chi connectivity index (χ3v) is 2.77. The van der Waals surface area contributed by atoms with Gasteiger partial charge in [-0.2, -0.15) is 5.26 Å². The molecule has 19 heavy (non-hydrogen) atoms. The topological polar surface area (TPSA) is 71.3 Å². The van der Waals surface area contributed by atoms with Crippen LogP contribution in [-0.2, 0) is 10.3 Å². The van der Waals surface area contributed by atoms with Crippen LogP contribution in [0.4, 0.5) is 0 Å². The molecule has 1 aromatic rings. The monoisotopic (exact) mass is 262 g/mol. The Morgan fingerprint density at radius 2 is 2.05 bits per heavy atom. The number of ether oxygens (including phenoxy) is 2. The van der Waals surface area contributed by atoms with E-state index in [0.717, 1.165) is 5.56 Å². The summed E-state index contributed by atoms with van der Waals surface area (Å²) in [6.45, 7) is 3.71. The molecule has 0 saturated heterocycles. The van der Waals surface area contributed by atoms with Gasteiger partial charge in [0.1, 0.15) is 17.9 Å². The Hall–Kier alpha value is -2.22. The summed E-state index contributed by atoms with van der Waals surface area (Å²) < 4.78 is 10.5. The normalized spacial score (nSPS) is 10.5. The van der Waals surface area contributed by atoms with Gasteiger partial charge in [0.05, 0.1) is 25.8 Å². The Labute approximate surface area is 113 Å². The van der Waals surface area contributed by atoms with Crippen LogP contribution in [0.5, 0.6) is 11.5 Å². The summed E-state index contributed by atoms with van der Waals surface area (Å²) in [7, 11) is 3.14. The van der Waals surface area contributed by atoms with Crippen molar-refractivity contribution in [2.24, 2.45) is 0 Å². The fraction of sp³-hybridized carbons (Fsp3) is 0.429. The van der Waals surface area contributed by atoms with Gasteiger partial charge in [-0.05, 0) is 26.0 Å². The van der Waals surface area contributed by atoms with Crippen LogP contribution in [0.15, 0.2) is 18.2 Å². The van der Waals surface area contributed by atoms with Gasteiger partial charge in [-0.3, -0.25) is 4.79 Å². The highest BCUT2D eigenvalue weighted by Gasteiger charge is 2.26. The van der Waals surface area contributed by atoms with E-state index in [2.05, 4.69) is 5.32 Å². The first kappa shape index (κ1) is 14.8. The zero-order chi connectivity index (χ0) is 14.5. The number of hydrogen-bond donors (Lipinski definition) is 1. The van der Waals surface area contributed by atoms with Crippen molar-refractivity contribution < 1.29 is 14.3 Å². The minimum absolute atomic E-state index is 0.165. The molecule has 102 valence electrons. The van der Waals surface area contributed by atoms with Crippen molar-refractivity contribution in [3.05, 3.63) is 23.8 Å². The van der Waals surface area contributed by atoms with Crippen molar-refractivity contribution in [3.63, 3.8) is 0 Å². The molecule has 0 bridgehead atoms. The van der Waals surface area contributed by atoms with Crippen LogP contribution in [0.3, 0.4) is 0 Å². The maximum absolute atomic E-state index is 11.6. The Kier molecular flexibility index (Phi) is 4.76. The van der Waals surface area contributed by atoms with Crippen LogP contribution in [0.2, 0.25) is 0 Å².